The van der Waals surface area contributed by atoms with Crippen molar-refractivity contribution in [3.8, 4) is 0 Å². The second-order valence-corrected chi connectivity index (χ2v) is 15.7. The molecule has 0 unspecified atom stereocenters. The number of ether oxygens (including phenoxy) is 2. The summed E-state index contributed by atoms with van der Waals surface area (Å²) in [6, 6.07) is 29.2. The van der Waals surface area contributed by atoms with E-state index in [4.69, 9.17) is 9.47 Å². The average Bonchev–Trinajstić information content (AvgIpc) is 4.09. The minimum atomic E-state index is -1.04. The van der Waals surface area contributed by atoms with Crippen LogP contribution in [0.25, 0.3) is 21.8 Å². The van der Waals surface area contributed by atoms with E-state index in [0.29, 0.717) is 67.8 Å². The van der Waals surface area contributed by atoms with Gasteiger partial charge in [-0.2, -0.15) is 0 Å². The van der Waals surface area contributed by atoms with Crippen LogP contribution in [0.4, 0.5) is 21.0 Å². The fourth-order valence-electron chi connectivity index (χ4n) is 8.70. The number of rotatable bonds is 12. The molecular formula is C48H48N8O8. The van der Waals surface area contributed by atoms with Gasteiger partial charge in [0.1, 0.15) is 24.2 Å². The fourth-order valence-corrected chi connectivity index (χ4v) is 8.70. The van der Waals surface area contributed by atoms with Gasteiger partial charge in [0.25, 0.3) is 11.8 Å². The molecule has 16 nitrogen and oxygen atoms in total. The van der Waals surface area contributed by atoms with Crippen LogP contribution in [0.15, 0.2) is 122 Å². The molecule has 2 saturated heterocycles. The molecule has 2 aromatic heterocycles. The van der Waals surface area contributed by atoms with E-state index in [1.807, 2.05) is 60.7 Å². The number of pyridine rings is 1. The Kier molecular flexibility index (Phi) is 12.8. The normalized spacial score (nSPS) is 16.8. The Morgan fingerprint density at radius 1 is 0.609 bits per heavy atom. The van der Waals surface area contributed by atoms with Gasteiger partial charge < -0.3 is 45.1 Å². The highest BCUT2D eigenvalue weighted by molar-refractivity contribution is 6.11. The van der Waals surface area contributed by atoms with Crippen LogP contribution in [0, 0.1) is 0 Å². The molecule has 0 bridgehead atoms. The second-order valence-electron chi connectivity index (χ2n) is 15.7. The molecule has 6 aromatic rings. The molecule has 4 heterocycles. The first kappa shape index (κ1) is 42.9. The predicted molar refractivity (Wildman–Crippen MR) is 239 cm³/mol. The van der Waals surface area contributed by atoms with E-state index in [9.17, 15) is 28.8 Å². The predicted octanol–water partition coefficient (Wildman–Crippen LogP) is 6.29. The van der Waals surface area contributed by atoms with Gasteiger partial charge in [-0.25, -0.2) is 9.59 Å². The number of carbonyl (C=O) groups excluding carboxylic acids is 6. The molecule has 64 heavy (non-hydrogen) atoms. The van der Waals surface area contributed by atoms with Crippen LogP contribution in [0.3, 0.4) is 0 Å². The van der Waals surface area contributed by atoms with Crippen LogP contribution in [0.1, 0.15) is 54.5 Å². The van der Waals surface area contributed by atoms with Gasteiger partial charge in [-0.3, -0.25) is 24.2 Å². The summed E-state index contributed by atoms with van der Waals surface area (Å²) in [5.41, 5.74) is 4.79. The Morgan fingerprint density at radius 2 is 1.05 bits per heavy atom. The van der Waals surface area contributed by atoms with Crippen LogP contribution in [-0.2, 0) is 35.2 Å². The summed E-state index contributed by atoms with van der Waals surface area (Å²) in [5.74, 6) is -1.53. The third-order valence-corrected chi connectivity index (χ3v) is 11.8. The van der Waals surface area contributed by atoms with Crippen molar-refractivity contribution in [3.05, 3.63) is 138 Å². The Labute approximate surface area is 368 Å². The molecule has 2 fully saturated rings. The lowest BCUT2D eigenvalue weighted by atomic mass is 10.0. The minimum Gasteiger partial charge on any atom is -0.453 e. The second kappa shape index (κ2) is 19.1. The van der Waals surface area contributed by atoms with Gasteiger partial charge in [-0.05, 0) is 78.8 Å². The molecule has 16 heteroatoms. The standard InChI is InChI=1S/C48H48N8O8/c1-63-47(61)52-41(31-11-5-3-6-12-31)45(59)54-25-9-15-37(54)43(57)50-33-17-19-35-36-20-18-34(28-40(36)56(39(35)27-33)29-30-21-23-49-24-22-30)51-44(58)38-16-10-26-55(38)46(60)42(53-48(62)64-2)32-13-7-4-8-14-32/h3-8,11-14,17-24,27-28,37-38,41-42H,9-10,15-16,25-26,29H2,1-2H3,(H,50,57)(H,51,58)(H,52,61)(H,53,62)/t37-,38-,41+,42+/m0/s1. The number of nitrogens with one attached hydrogen (secondary N) is 4. The Balaban J connectivity index is 1.05. The third kappa shape index (κ3) is 9.07. The van der Waals surface area contributed by atoms with Crippen molar-refractivity contribution in [2.45, 2.75) is 56.4 Å². The van der Waals surface area contributed by atoms with Gasteiger partial charge in [0, 0.05) is 54.2 Å². The maximum atomic E-state index is 14.0. The number of amides is 6. The number of methoxy groups -OCH3 is 2. The molecule has 4 aromatic carbocycles. The fraction of sp³-hybridized carbons (Fsp3) is 0.271. The molecule has 2 aliphatic rings. The third-order valence-electron chi connectivity index (χ3n) is 11.8. The molecule has 4 atom stereocenters. The minimum absolute atomic E-state index is 0.344. The lowest BCUT2D eigenvalue weighted by Crippen LogP contribution is -2.48. The van der Waals surface area contributed by atoms with Crippen molar-refractivity contribution >= 4 is 69.0 Å². The number of anilines is 2. The summed E-state index contributed by atoms with van der Waals surface area (Å²) in [6.07, 6.45) is 4.02. The van der Waals surface area contributed by atoms with Gasteiger partial charge in [0.2, 0.25) is 11.8 Å². The first-order valence-corrected chi connectivity index (χ1v) is 21.1. The van der Waals surface area contributed by atoms with Crippen LogP contribution >= 0.6 is 0 Å². The van der Waals surface area contributed by atoms with Gasteiger partial charge in [-0.1, -0.05) is 72.8 Å². The highest BCUT2D eigenvalue weighted by Crippen LogP contribution is 2.35. The number of nitrogens with zero attached hydrogens (tertiary/aromatic N) is 4. The number of hydrogen-bond donors (Lipinski definition) is 4. The number of hydrogen-bond acceptors (Lipinski definition) is 9. The first-order valence-electron chi connectivity index (χ1n) is 21.1. The maximum absolute atomic E-state index is 14.0. The molecule has 0 aliphatic carbocycles. The smallest absolute Gasteiger partial charge is 0.407 e. The molecule has 2 aliphatic heterocycles. The van der Waals surface area contributed by atoms with Crippen molar-refractivity contribution in [1.82, 2.24) is 30.0 Å². The first-order chi connectivity index (χ1) is 31.1. The van der Waals surface area contributed by atoms with Gasteiger partial charge >= 0.3 is 12.2 Å². The highest BCUT2D eigenvalue weighted by atomic mass is 16.5. The van der Waals surface area contributed by atoms with E-state index in [0.717, 1.165) is 27.4 Å². The Hall–Kier alpha value is -7.75. The zero-order valence-corrected chi connectivity index (χ0v) is 35.4. The topological polar surface area (TPSA) is 193 Å². The summed E-state index contributed by atoms with van der Waals surface area (Å²) < 4.78 is 11.7. The number of benzene rings is 4. The maximum Gasteiger partial charge on any atom is 0.407 e. The quantitative estimate of drug-likeness (QED) is 0.109. The van der Waals surface area contributed by atoms with Crippen LogP contribution in [0.5, 0.6) is 0 Å². The number of carbonyl (C=O) groups is 6. The van der Waals surface area contributed by atoms with Crippen molar-refractivity contribution in [2.75, 3.05) is 37.9 Å². The lowest BCUT2D eigenvalue weighted by Gasteiger charge is -2.28. The molecule has 0 radical (unpaired) electrons. The van der Waals surface area contributed by atoms with E-state index < -0.39 is 48.2 Å². The van der Waals surface area contributed by atoms with Crippen LogP contribution in [0.2, 0.25) is 0 Å². The summed E-state index contributed by atoms with van der Waals surface area (Å²) >= 11 is 0. The van der Waals surface area contributed by atoms with E-state index in [1.54, 1.807) is 60.9 Å². The average molecular weight is 865 g/mol. The molecule has 0 spiro atoms. The Bertz CT molecular complexity index is 2530. The number of aromatic nitrogens is 2. The van der Waals surface area contributed by atoms with Crippen molar-refractivity contribution in [1.29, 1.82) is 0 Å². The molecule has 8 rings (SSSR count). The summed E-state index contributed by atoms with van der Waals surface area (Å²) in [5, 5.41) is 13.2. The monoisotopic (exact) mass is 864 g/mol. The van der Waals surface area contributed by atoms with Gasteiger partial charge in [-0.15, -0.1) is 0 Å². The number of likely N-dealkylation sites (tertiary alicyclic amines) is 2. The SMILES string of the molecule is COC(=O)N[C@@H](C(=O)N1CCC[C@H]1C(=O)Nc1ccc2c3ccc(NC(=O)[C@@H]4CCCN4C(=O)[C@H](NC(=O)OC)c4ccccc4)cc3n(Cc3ccncc3)c2c1)c1ccccc1. The summed E-state index contributed by atoms with van der Waals surface area (Å²) in [6.45, 7) is 1.13. The van der Waals surface area contributed by atoms with Crippen LogP contribution in [-0.4, -0.2) is 94.6 Å². The highest BCUT2D eigenvalue weighted by Gasteiger charge is 2.40. The number of alkyl carbamates (subject to hydrolysis) is 2. The lowest BCUT2D eigenvalue weighted by molar-refractivity contribution is -0.138. The number of fused-ring (bicyclic) bond motifs is 3. The van der Waals surface area contributed by atoms with Crippen molar-refractivity contribution in [2.24, 2.45) is 0 Å². The van der Waals surface area contributed by atoms with E-state index >= 15 is 0 Å². The van der Waals surface area contributed by atoms with Gasteiger partial charge in [0.15, 0.2) is 0 Å². The van der Waals surface area contributed by atoms with Crippen LogP contribution < -0.4 is 21.3 Å². The molecule has 6 amide bonds. The van der Waals surface area contributed by atoms with E-state index in [-0.39, 0.29) is 11.8 Å². The molecular weight excluding hydrogens is 817 g/mol. The molecule has 0 saturated carbocycles. The van der Waals surface area contributed by atoms with Gasteiger partial charge in [0.05, 0.1) is 25.3 Å². The molecule has 328 valence electrons. The largest absolute Gasteiger partial charge is 0.453 e. The Morgan fingerprint density at radius 3 is 1.47 bits per heavy atom. The van der Waals surface area contributed by atoms with Crippen molar-refractivity contribution in [3.63, 3.8) is 0 Å². The zero-order chi connectivity index (χ0) is 44.7. The van der Waals surface area contributed by atoms with Crippen molar-refractivity contribution < 1.29 is 38.2 Å². The molecule has 4 N–H and O–H groups in total. The van der Waals surface area contributed by atoms with E-state index in [1.165, 1.54) is 24.0 Å². The van der Waals surface area contributed by atoms with E-state index in [2.05, 4.69) is 30.8 Å². The zero-order valence-electron chi connectivity index (χ0n) is 35.4. The summed E-state index contributed by atoms with van der Waals surface area (Å²) in [7, 11) is 2.45. The summed E-state index contributed by atoms with van der Waals surface area (Å²) in [4.78, 5) is 87.9.